The Morgan fingerprint density at radius 1 is 0.973 bits per heavy atom. The van der Waals surface area contributed by atoms with Gasteiger partial charge >= 0.3 is 0 Å². The van der Waals surface area contributed by atoms with E-state index in [0.29, 0.717) is 34.2 Å². The first-order valence-corrected chi connectivity index (χ1v) is 12.8. The maximum atomic E-state index is 12.7. The number of rotatable bonds is 7. The summed E-state index contributed by atoms with van der Waals surface area (Å²) >= 11 is 7.51. The molecule has 0 spiro atoms. The van der Waals surface area contributed by atoms with Gasteiger partial charge in [0.1, 0.15) is 29.8 Å². The van der Waals surface area contributed by atoms with Crippen LogP contribution in [-0.4, -0.2) is 40.2 Å². The monoisotopic (exact) mass is 530 g/mol. The predicted octanol–water partition coefficient (Wildman–Crippen LogP) is 6.08. The number of hydrazone groups is 1. The number of fused-ring (bicyclic) bond motifs is 1. The molecule has 1 amide bonds. The Labute approximate surface area is 224 Å². The largest absolute Gasteiger partial charge is 0.490 e. The van der Waals surface area contributed by atoms with E-state index in [-0.39, 0.29) is 11.4 Å². The molecule has 3 aromatic carbocycles. The highest BCUT2D eigenvalue weighted by Crippen LogP contribution is 2.33. The summed E-state index contributed by atoms with van der Waals surface area (Å²) in [4.78, 5) is 16.8. The number of aliphatic imine (C=N–C) groups is 1. The highest BCUT2D eigenvalue weighted by atomic mass is 35.5. The van der Waals surface area contributed by atoms with Gasteiger partial charge in [0.2, 0.25) is 5.17 Å². The molecule has 3 aromatic rings. The van der Waals surface area contributed by atoms with Gasteiger partial charge < -0.3 is 9.47 Å². The van der Waals surface area contributed by atoms with Gasteiger partial charge in [-0.3, -0.25) is 10.2 Å². The Kier molecular flexibility index (Phi) is 7.12. The molecule has 0 fully saturated rings. The van der Waals surface area contributed by atoms with Gasteiger partial charge in [-0.1, -0.05) is 48.0 Å². The zero-order valence-corrected chi connectivity index (χ0v) is 21.8. The van der Waals surface area contributed by atoms with Crippen molar-refractivity contribution < 1.29 is 14.3 Å². The van der Waals surface area contributed by atoms with Crippen LogP contribution in [0, 0.1) is 19.3 Å². The molecule has 0 bridgehead atoms. The number of aryl methyl sites for hydroxylation is 2. The van der Waals surface area contributed by atoms with Gasteiger partial charge in [-0.2, -0.15) is 15.1 Å². The number of ether oxygens (including phenoxy) is 2. The van der Waals surface area contributed by atoms with Crippen molar-refractivity contribution in [2.24, 2.45) is 10.1 Å². The van der Waals surface area contributed by atoms with E-state index in [1.165, 1.54) is 27.9 Å². The first-order valence-electron chi connectivity index (χ1n) is 11.6. The Bertz CT molecular complexity index is 1480. The van der Waals surface area contributed by atoms with E-state index >= 15 is 0 Å². The van der Waals surface area contributed by atoms with E-state index in [9.17, 15) is 4.79 Å². The fourth-order valence-electron chi connectivity index (χ4n) is 3.69. The van der Waals surface area contributed by atoms with Gasteiger partial charge in [0.05, 0.1) is 10.6 Å². The minimum absolute atomic E-state index is 0.0339. The molecule has 0 atom stereocenters. The second-order valence-electron chi connectivity index (χ2n) is 8.42. The van der Waals surface area contributed by atoms with Crippen molar-refractivity contribution in [1.82, 2.24) is 5.01 Å². The molecular weight excluding hydrogens is 508 g/mol. The van der Waals surface area contributed by atoms with E-state index in [1.54, 1.807) is 12.1 Å². The number of hydrogen-bond acceptors (Lipinski definition) is 6. The lowest BCUT2D eigenvalue weighted by atomic mass is 10.1. The highest BCUT2D eigenvalue weighted by Gasteiger charge is 2.36. The van der Waals surface area contributed by atoms with Crippen LogP contribution >= 0.6 is 23.4 Å². The lowest BCUT2D eigenvalue weighted by molar-refractivity contribution is -0.114. The summed E-state index contributed by atoms with van der Waals surface area (Å²) < 4.78 is 11.5. The molecule has 37 heavy (non-hydrogen) atoms. The lowest BCUT2D eigenvalue weighted by Gasteiger charge is -2.20. The number of nitrogens with one attached hydrogen (secondary N) is 1. The Hall–Kier alpha value is -3.88. The van der Waals surface area contributed by atoms with Crippen LogP contribution in [0.4, 0.5) is 0 Å². The molecular formula is C28H23ClN4O3S. The second-order valence-corrected chi connectivity index (χ2v) is 9.78. The van der Waals surface area contributed by atoms with Crippen LogP contribution in [0.1, 0.15) is 22.3 Å². The molecule has 7 nitrogen and oxygen atoms in total. The zero-order valence-electron chi connectivity index (χ0n) is 20.2. The number of carbonyl (C=O) groups excluding carboxylic acids is 1. The van der Waals surface area contributed by atoms with Crippen LogP contribution in [0.3, 0.4) is 0 Å². The molecule has 0 aliphatic carbocycles. The van der Waals surface area contributed by atoms with Gasteiger partial charge in [-0.15, -0.1) is 0 Å². The quantitative estimate of drug-likeness (QED) is 0.295. The Morgan fingerprint density at radius 2 is 1.68 bits per heavy atom. The molecule has 5 rings (SSSR count). The summed E-state index contributed by atoms with van der Waals surface area (Å²) in [5.41, 5.74) is 4.04. The molecule has 2 aliphatic rings. The van der Waals surface area contributed by atoms with Crippen molar-refractivity contribution in [3.05, 3.63) is 99.6 Å². The maximum absolute atomic E-state index is 12.7. The van der Waals surface area contributed by atoms with E-state index in [4.69, 9.17) is 26.5 Å². The second kappa shape index (κ2) is 10.6. The van der Waals surface area contributed by atoms with Gasteiger partial charge in [-0.25, -0.2) is 0 Å². The maximum Gasteiger partial charge on any atom is 0.283 e. The van der Waals surface area contributed by atoms with Crippen LogP contribution < -0.4 is 9.47 Å². The Morgan fingerprint density at radius 3 is 2.41 bits per heavy atom. The standard InChI is InChI=1S/C28H23ClN4O3S/c1-17-7-10-21(15-18(17)2)36-14-13-35-20-11-8-19(9-12-20)16-23-25(30)33-28(31-26(23)34)37-27(32-33)22-5-3-4-6-24(22)29/h3-12,15-16,30H,13-14H2,1-2H3/b23-16-,30-25?. The number of halogens is 1. The number of amides is 1. The molecule has 0 aromatic heterocycles. The molecule has 1 N–H and O–H groups in total. The minimum atomic E-state index is -0.483. The summed E-state index contributed by atoms with van der Waals surface area (Å²) in [6, 6.07) is 20.6. The first-order chi connectivity index (χ1) is 17.9. The normalized spacial score (nSPS) is 16.0. The van der Waals surface area contributed by atoms with Gasteiger partial charge in [0.15, 0.2) is 5.84 Å². The summed E-state index contributed by atoms with van der Waals surface area (Å²) in [7, 11) is 0. The average molecular weight is 531 g/mol. The van der Waals surface area contributed by atoms with E-state index in [2.05, 4.69) is 23.9 Å². The van der Waals surface area contributed by atoms with Crippen molar-refractivity contribution in [2.45, 2.75) is 13.8 Å². The predicted molar refractivity (Wildman–Crippen MR) is 149 cm³/mol. The summed E-state index contributed by atoms with van der Waals surface area (Å²) in [5.74, 6) is 0.983. The van der Waals surface area contributed by atoms with Crippen LogP contribution in [0.15, 0.2) is 82.4 Å². The molecule has 0 radical (unpaired) electrons. The van der Waals surface area contributed by atoms with Crippen molar-refractivity contribution in [3.8, 4) is 11.5 Å². The van der Waals surface area contributed by atoms with Crippen LogP contribution in [0.2, 0.25) is 5.02 Å². The number of amidine groups is 2. The van der Waals surface area contributed by atoms with Crippen molar-refractivity contribution in [1.29, 1.82) is 5.41 Å². The van der Waals surface area contributed by atoms with Crippen LogP contribution in [-0.2, 0) is 4.79 Å². The third kappa shape index (κ3) is 5.45. The minimum Gasteiger partial charge on any atom is -0.490 e. The topological polar surface area (TPSA) is 87.3 Å². The third-order valence-electron chi connectivity index (χ3n) is 5.85. The van der Waals surface area contributed by atoms with Crippen molar-refractivity contribution >= 4 is 51.4 Å². The fourth-order valence-corrected chi connectivity index (χ4v) is 4.90. The van der Waals surface area contributed by atoms with E-state index in [1.807, 2.05) is 60.7 Å². The molecule has 2 aliphatic heterocycles. The number of thioether (sulfide) groups is 1. The summed E-state index contributed by atoms with van der Waals surface area (Å²) in [5, 5.41) is 15.9. The molecule has 0 unspecified atom stereocenters. The summed E-state index contributed by atoms with van der Waals surface area (Å²) in [6.45, 7) is 4.94. The molecule has 0 saturated heterocycles. The smallest absolute Gasteiger partial charge is 0.283 e. The first kappa shape index (κ1) is 24.8. The van der Waals surface area contributed by atoms with E-state index in [0.717, 1.165) is 16.9 Å². The SMILES string of the molecule is Cc1ccc(OCCOc2ccc(/C=C3/C(=N)N4N=C(c5ccccc5Cl)SC4=NC3=O)cc2)cc1C. The lowest BCUT2D eigenvalue weighted by Crippen LogP contribution is -2.35. The van der Waals surface area contributed by atoms with Crippen LogP contribution in [0.25, 0.3) is 6.08 Å². The van der Waals surface area contributed by atoms with Crippen molar-refractivity contribution in [3.63, 3.8) is 0 Å². The highest BCUT2D eigenvalue weighted by molar-refractivity contribution is 8.27. The third-order valence-corrected chi connectivity index (χ3v) is 7.12. The number of hydrogen-bond donors (Lipinski definition) is 1. The number of carbonyl (C=O) groups is 1. The summed E-state index contributed by atoms with van der Waals surface area (Å²) in [6.07, 6.45) is 1.63. The van der Waals surface area contributed by atoms with Crippen molar-refractivity contribution in [2.75, 3.05) is 13.2 Å². The molecule has 9 heteroatoms. The Balaban J connectivity index is 1.22. The fraction of sp³-hybridized carbons (Fsp3) is 0.143. The molecule has 2 heterocycles. The van der Waals surface area contributed by atoms with Gasteiger partial charge in [-0.05, 0) is 78.7 Å². The average Bonchev–Trinajstić information content (AvgIpc) is 3.31. The van der Waals surface area contributed by atoms with Gasteiger partial charge in [0, 0.05) is 5.56 Å². The molecule has 0 saturated carbocycles. The van der Waals surface area contributed by atoms with Gasteiger partial charge in [0.25, 0.3) is 5.91 Å². The zero-order chi connectivity index (χ0) is 25.9. The van der Waals surface area contributed by atoms with Crippen LogP contribution in [0.5, 0.6) is 11.5 Å². The number of benzene rings is 3. The molecule has 186 valence electrons. The van der Waals surface area contributed by atoms with E-state index < -0.39 is 5.91 Å². The number of nitrogens with zero attached hydrogens (tertiary/aromatic N) is 3.